The van der Waals surface area contributed by atoms with Crippen LogP contribution >= 0.6 is 0 Å². The van der Waals surface area contributed by atoms with Crippen molar-refractivity contribution in [2.75, 3.05) is 7.11 Å². The van der Waals surface area contributed by atoms with Crippen LogP contribution in [0.1, 0.15) is 12.5 Å². The van der Waals surface area contributed by atoms with Gasteiger partial charge in [0.15, 0.2) is 11.5 Å². The fourth-order valence-corrected chi connectivity index (χ4v) is 1.19. The second kappa shape index (κ2) is 6.29. The Kier molecular flexibility index (Phi) is 4.74. The second-order valence-corrected chi connectivity index (χ2v) is 3.40. The molecule has 0 spiro atoms. The molecule has 1 aromatic carbocycles. The van der Waals surface area contributed by atoms with E-state index in [2.05, 4.69) is 17.1 Å². The lowest BCUT2D eigenvalue weighted by molar-refractivity contribution is -0.132. The van der Waals surface area contributed by atoms with Gasteiger partial charge in [-0.05, 0) is 23.8 Å². The SMILES string of the molecule is C=C(N)N/N=C/c1ccc(OC(C)=O)c(OC)c1. The number of ether oxygens (including phenoxy) is 2. The number of hydrogen-bond donors (Lipinski definition) is 2. The summed E-state index contributed by atoms with van der Waals surface area (Å²) in [7, 11) is 1.49. The van der Waals surface area contributed by atoms with Gasteiger partial charge in [0.1, 0.15) is 5.82 Å². The monoisotopic (exact) mass is 249 g/mol. The molecule has 0 unspecified atom stereocenters. The summed E-state index contributed by atoms with van der Waals surface area (Å²) in [5.41, 5.74) is 8.56. The van der Waals surface area contributed by atoms with Crippen LogP contribution < -0.4 is 20.6 Å². The Bertz CT molecular complexity index is 483. The summed E-state index contributed by atoms with van der Waals surface area (Å²) in [6, 6.07) is 5.03. The first kappa shape index (κ1) is 13.6. The molecular formula is C12H15N3O3. The molecule has 1 rings (SSSR count). The van der Waals surface area contributed by atoms with Gasteiger partial charge in [-0.2, -0.15) is 5.10 Å². The van der Waals surface area contributed by atoms with Gasteiger partial charge in [-0.3, -0.25) is 10.2 Å². The zero-order chi connectivity index (χ0) is 13.5. The Morgan fingerprint density at radius 2 is 2.22 bits per heavy atom. The van der Waals surface area contributed by atoms with Gasteiger partial charge < -0.3 is 15.2 Å². The van der Waals surface area contributed by atoms with E-state index in [1.807, 2.05) is 0 Å². The quantitative estimate of drug-likeness (QED) is 0.351. The Labute approximate surface area is 105 Å². The maximum absolute atomic E-state index is 10.9. The first-order valence-corrected chi connectivity index (χ1v) is 5.13. The number of carbonyl (C=O) groups excluding carboxylic acids is 1. The number of nitrogens with two attached hydrogens (primary N) is 1. The zero-order valence-corrected chi connectivity index (χ0v) is 10.3. The highest BCUT2D eigenvalue weighted by molar-refractivity contribution is 5.81. The first-order chi connectivity index (χ1) is 8.52. The Balaban J connectivity index is 2.87. The van der Waals surface area contributed by atoms with E-state index >= 15 is 0 Å². The lowest BCUT2D eigenvalue weighted by Gasteiger charge is -2.08. The van der Waals surface area contributed by atoms with Crippen molar-refractivity contribution in [3.05, 3.63) is 36.2 Å². The highest BCUT2D eigenvalue weighted by Crippen LogP contribution is 2.27. The molecule has 18 heavy (non-hydrogen) atoms. The normalized spacial score (nSPS) is 10.1. The Morgan fingerprint density at radius 3 is 2.78 bits per heavy atom. The van der Waals surface area contributed by atoms with E-state index < -0.39 is 5.97 Å². The van der Waals surface area contributed by atoms with Crippen molar-refractivity contribution >= 4 is 12.2 Å². The molecule has 6 heteroatoms. The number of nitrogens with zero attached hydrogens (tertiary/aromatic N) is 1. The molecule has 96 valence electrons. The number of hydrazone groups is 1. The van der Waals surface area contributed by atoms with E-state index in [-0.39, 0.29) is 5.82 Å². The van der Waals surface area contributed by atoms with Crippen LogP contribution in [0.3, 0.4) is 0 Å². The average molecular weight is 249 g/mol. The van der Waals surface area contributed by atoms with Crippen molar-refractivity contribution in [3.63, 3.8) is 0 Å². The summed E-state index contributed by atoms with van der Waals surface area (Å²) in [5.74, 6) is 0.643. The number of nitrogens with one attached hydrogen (secondary N) is 1. The molecule has 0 heterocycles. The van der Waals surface area contributed by atoms with Crippen LogP contribution in [0, 0.1) is 0 Å². The van der Waals surface area contributed by atoms with Crippen LogP contribution in [0.5, 0.6) is 11.5 Å². The number of benzene rings is 1. The summed E-state index contributed by atoms with van der Waals surface area (Å²) in [4.78, 5) is 10.9. The summed E-state index contributed by atoms with van der Waals surface area (Å²) >= 11 is 0. The molecule has 0 saturated heterocycles. The molecule has 3 N–H and O–H groups in total. The molecule has 0 radical (unpaired) electrons. The third-order valence-electron chi connectivity index (χ3n) is 1.86. The molecule has 1 aromatic rings. The predicted octanol–water partition coefficient (Wildman–Crippen LogP) is 0.974. The highest BCUT2D eigenvalue weighted by atomic mass is 16.6. The molecule has 0 aromatic heterocycles. The van der Waals surface area contributed by atoms with Crippen molar-refractivity contribution in [2.24, 2.45) is 10.8 Å². The van der Waals surface area contributed by atoms with Gasteiger partial charge >= 0.3 is 5.97 Å². The minimum absolute atomic E-state index is 0.245. The largest absolute Gasteiger partial charge is 0.493 e. The maximum atomic E-state index is 10.9. The molecule has 6 nitrogen and oxygen atoms in total. The van der Waals surface area contributed by atoms with Crippen LogP contribution in [-0.4, -0.2) is 19.3 Å². The van der Waals surface area contributed by atoms with Gasteiger partial charge in [0, 0.05) is 6.92 Å². The van der Waals surface area contributed by atoms with E-state index in [0.717, 1.165) is 5.56 Å². The molecule has 0 atom stereocenters. The second-order valence-electron chi connectivity index (χ2n) is 3.40. The minimum Gasteiger partial charge on any atom is -0.493 e. The smallest absolute Gasteiger partial charge is 0.308 e. The Morgan fingerprint density at radius 1 is 1.50 bits per heavy atom. The van der Waals surface area contributed by atoms with E-state index in [4.69, 9.17) is 15.2 Å². The lowest BCUT2D eigenvalue weighted by atomic mass is 10.2. The van der Waals surface area contributed by atoms with Gasteiger partial charge in [0.2, 0.25) is 0 Å². The van der Waals surface area contributed by atoms with Gasteiger partial charge in [-0.1, -0.05) is 6.58 Å². The minimum atomic E-state index is -0.407. The van der Waals surface area contributed by atoms with Crippen LogP contribution in [0.2, 0.25) is 0 Å². The van der Waals surface area contributed by atoms with Crippen LogP contribution in [-0.2, 0) is 4.79 Å². The van der Waals surface area contributed by atoms with Gasteiger partial charge in [0.25, 0.3) is 0 Å². The maximum Gasteiger partial charge on any atom is 0.308 e. The topological polar surface area (TPSA) is 85.9 Å². The van der Waals surface area contributed by atoms with Gasteiger partial charge in [-0.25, -0.2) is 0 Å². The van der Waals surface area contributed by atoms with E-state index in [1.54, 1.807) is 18.2 Å². The van der Waals surface area contributed by atoms with E-state index in [9.17, 15) is 4.79 Å². The Hall–Kier alpha value is -2.50. The summed E-state index contributed by atoms with van der Waals surface area (Å²) < 4.78 is 10.1. The molecule has 0 aliphatic carbocycles. The third kappa shape index (κ3) is 4.17. The lowest BCUT2D eigenvalue weighted by Crippen LogP contribution is -2.12. The summed E-state index contributed by atoms with van der Waals surface area (Å²) in [6.07, 6.45) is 1.54. The van der Waals surface area contributed by atoms with Gasteiger partial charge in [-0.15, -0.1) is 0 Å². The summed E-state index contributed by atoms with van der Waals surface area (Å²) in [6.45, 7) is 4.76. The predicted molar refractivity (Wildman–Crippen MR) is 68.4 cm³/mol. The molecule has 0 saturated carbocycles. The van der Waals surface area contributed by atoms with E-state index in [0.29, 0.717) is 11.5 Å². The number of rotatable bonds is 5. The molecule has 0 bridgehead atoms. The molecular weight excluding hydrogens is 234 g/mol. The highest BCUT2D eigenvalue weighted by Gasteiger charge is 2.07. The van der Waals surface area contributed by atoms with Crippen LogP contribution in [0.25, 0.3) is 0 Å². The number of hydrogen-bond acceptors (Lipinski definition) is 6. The van der Waals surface area contributed by atoms with Crippen molar-refractivity contribution in [1.29, 1.82) is 0 Å². The summed E-state index contributed by atoms with van der Waals surface area (Å²) in [5, 5.41) is 3.84. The fourth-order valence-electron chi connectivity index (χ4n) is 1.19. The fraction of sp³-hybridized carbons (Fsp3) is 0.167. The van der Waals surface area contributed by atoms with Gasteiger partial charge in [0.05, 0.1) is 13.3 Å². The third-order valence-corrected chi connectivity index (χ3v) is 1.86. The van der Waals surface area contributed by atoms with E-state index in [1.165, 1.54) is 20.2 Å². The van der Waals surface area contributed by atoms with Crippen LogP contribution in [0.4, 0.5) is 0 Å². The number of carbonyl (C=O) groups is 1. The molecule has 0 amide bonds. The first-order valence-electron chi connectivity index (χ1n) is 5.13. The van der Waals surface area contributed by atoms with Crippen molar-refractivity contribution in [2.45, 2.75) is 6.92 Å². The van der Waals surface area contributed by atoms with Crippen LogP contribution in [0.15, 0.2) is 35.7 Å². The standard InChI is InChI=1S/C12H15N3O3/c1-8(13)15-14-7-10-4-5-11(18-9(2)16)12(6-10)17-3/h4-7,15H,1,13H2,2-3H3/b14-7+. The number of esters is 1. The molecule has 0 aliphatic heterocycles. The molecule has 0 aliphatic rings. The van der Waals surface area contributed by atoms with Crippen molar-refractivity contribution in [1.82, 2.24) is 5.43 Å². The zero-order valence-electron chi connectivity index (χ0n) is 10.3. The molecule has 0 fully saturated rings. The van der Waals surface area contributed by atoms with Crippen molar-refractivity contribution in [3.8, 4) is 11.5 Å². The average Bonchev–Trinajstić information content (AvgIpc) is 2.29. The number of methoxy groups -OCH3 is 1. The van der Waals surface area contributed by atoms with Crippen molar-refractivity contribution < 1.29 is 14.3 Å².